The van der Waals surface area contributed by atoms with Crippen LogP contribution < -0.4 is 0 Å². The molecule has 0 N–H and O–H groups in total. The second-order valence-electron chi connectivity index (χ2n) is 11.6. The standard InChI is InChI=1S/C41H24N4O/c1-2-11-25(12-3-1)38-32-18-8-9-19-33(32)39-40(43-38)45-34-23-26(20-21-35(34)46-41(45)44-39)36-28-14-4-6-16-30(28)37(27-13-10-22-42-24-27)31-17-7-5-15-29(31)36/h1-24H. The lowest BCUT2D eigenvalue weighted by molar-refractivity contribution is 0.643. The van der Waals surface area contributed by atoms with Gasteiger partial charge in [0, 0.05) is 34.3 Å². The van der Waals surface area contributed by atoms with Crippen molar-refractivity contribution in [3.8, 4) is 33.5 Å². The number of fused-ring (bicyclic) bond motifs is 9. The summed E-state index contributed by atoms with van der Waals surface area (Å²) in [7, 11) is 0. The van der Waals surface area contributed by atoms with Crippen molar-refractivity contribution < 1.29 is 4.42 Å². The summed E-state index contributed by atoms with van der Waals surface area (Å²) >= 11 is 0. The largest absolute Gasteiger partial charge is 0.423 e. The Labute approximate surface area is 263 Å². The number of hydrogen-bond acceptors (Lipinski definition) is 4. The monoisotopic (exact) mass is 588 g/mol. The van der Waals surface area contributed by atoms with Crippen LogP contribution >= 0.6 is 0 Å². The highest BCUT2D eigenvalue weighted by Crippen LogP contribution is 2.44. The van der Waals surface area contributed by atoms with E-state index >= 15 is 0 Å². The third-order valence-electron chi connectivity index (χ3n) is 9.10. The van der Waals surface area contributed by atoms with E-state index in [1.54, 1.807) is 0 Å². The maximum atomic E-state index is 6.38. The van der Waals surface area contributed by atoms with Gasteiger partial charge in [0.1, 0.15) is 5.52 Å². The van der Waals surface area contributed by atoms with Gasteiger partial charge in [-0.3, -0.25) is 4.98 Å². The third kappa shape index (κ3) is 3.54. The fourth-order valence-electron chi connectivity index (χ4n) is 7.13. The summed E-state index contributed by atoms with van der Waals surface area (Å²) in [6.45, 7) is 0. The lowest BCUT2D eigenvalue weighted by atomic mass is 9.86. The van der Waals surface area contributed by atoms with E-state index < -0.39 is 0 Å². The van der Waals surface area contributed by atoms with E-state index in [1.165, 1.54) is 32.7 Å². The molecule has 0 atom stereocenters. The molecule has 4 heterocycles. The Morgan fingerprint density at radius 3 is 1.78 bits per heavy atom. The van der Waals surface area contributed by atoms with Crippen molar-refractivity contribution in [3.05, 3.63) is 146 Å². The summed E-state index contributed by atoms with van der Waals surface area (Å²) in [4.78, 5) is 14.7. The van der Waals surface area contributed by atoms with E-state index in [0.29, 0.717) is 5.84 Å². The maximum absolute atomic E-state index is 6.38. The molecule has 0 aliphatic carbocycles. The molecule has 10 rings (SSSR count). The van der Waals surface area contributed by atoms with Crippen LogP contribution in [0, 0.1) is 0 Å². The van der Waals surface area contributed by atoms with Gasteiger partial charge < -0.3 is 4.42 Å². The fraction of sp³-hybridized carbons (Fsp3) is 0. The van der Waals surface area contributed by atoms with Crippen molar-refractivity contribution in [2.75, 3.05) is 0 Å². The highest BCUT2D eigenvalue weighted by atomic mass is 16.4. The van der Waals surface area contributed by atoms with Gasteiger partial charge in [-0.15, -0.1) is 0 Å². The lowest BCUT2D eigenvalue weighted by Crippen LogP contribution is -1.92. The average molecular weight is 589 g/mol. The van der Waals surface area contributed by atoms with Crippen molar-refractivity contribution in [1.29, 1.82) is 0 Å². The van der Waals surface area contributed by atoms with Gasteiger partial charge >= 0.3 is 5.84 Å². The molecule has 5 heteroatoms. The normalized spacial score (nSPS) is 11.9. The molecule has 0 unspecified atom stereocenters. The zero-order valence-corrected chi connectivity index (χ0v) is 24.6. The van der Waals surface area contributed by atoms with E-state index in [-0.39, 0.29) is 0 Å². The first kappa shape index (κ1) is 25.0. The molecule has 0 fully saturated rings. The second kappa shape index (κ2) is 9.58. The minimum absolute atomic E-state index is 0.534. The van der Waals surface area contributed by atoms with Crippen LogP contribution in [0.3, 0.4) is 0 Å². The first-order valence-electron chi connectivity index (χ1n) is 15.4. The van der Waals surface area contributed by atoms with E-state index in [2.05, 4.69) is 131 Å². The molecular formula is C41H24N4O. The van der Waals surface area contributed by atoms with Crippen LogP contribution in [0.5, 0.6) is 0 Å². The van der Waals surface area contributed by atoms with Crippen molar-refractivity contribution in [2.24, 2.45) is 0 Å². The molecule has 5 nitrogen and oxygen atoms in total. The Kier molecular flexibility index (Phi) is 5.22. The van der Waals surface area contributed by atoms with Crippen molar-refractivity contribution in [3.63, 3.8) is 0 Å². The van der Waals surface area contributed by atoms with Gasteiger partial charge in [-0.25, -0.2) is 9.38 Å². The van der Waals surface area contributed by atoms with Crippen molar-refractivity contribution in [2.45, 2.75) is 0 Å². The molecule has 6 aromatic carbocycles. The summed E-state index contributed by atoms with van der Waals surface area (Å²) in [6.07, 6.45) is 3.77. The van der Waals surface area contributed by atoms with Gasteiger partial charge in [0.05, 0.1) is 11.2 Å². The van der Waals surface area contributed by atoms with Crippen LogP contribution in [0.25, 0.3) is 93.9 Å². The molecule has 214 valence electrons. The van der Waals surface area contributed by atoms with Crippen molar-refractivity contribution >= 4 is 60.4 Å². The minimum Gasteiger partial charge on any atom is -0.423 e. The quantitative estimate of drug-likeness (QED) is 0.193. The number of pyridine rings is 2. The van der Waals surface area contributed by atoms with Gasteiger partial charge in [-0.05, 0) is 56.4 Å². The first-order chi connectivity index (χ1) is 22.8. The van der Waals surface area contributed by atoms with Crippen LogP contribution in [0.15, 0.2) is 150 Å². The number of rotatable bonds is 3. The number of aromatic nitrogens is 4. The van der Waals surface area contributed by atoms with Gasteiger partial charge in [0.25, 0.3) is 0 Å². The Balaban J connectivity index is 1.30. The molecule has 0 radical (unpaired) electrons. The third-order valence-corrected chi connectivity index (χ3v) is 9.10. The van der Waals surface area contributed by atoms with Crippen LogP contribution in [0.1, 0.15) is 0 Å². The maximum Gasteiger partial charge on any atom is 0.309 e. The highest BCUT2D eigenvalue weighted by molar-refractivity contribution is 6.21. The molecule has 0 aliphatic heterocycles. The average Bonchev–Trinajstić information content (AvgIpc) is 3.67. The van der Waals surface area contributed by atoms with E-state index in [9.17, 15) is 0 Å². The molecule has 0 aliphatic rings. The molecule has 4 aromatic heterocycles. The molecule has 0 spiro atoms. The van der Waals surface area contributed by atoms with Crippen LogP contribution in [0.2, 0.25) is 0 Å². The molecule has 10 aromatic rings. The molecule has 0 saturated heterocycles. The number of oxazole rings is 1. The van der Waals surface area contributed by atoms with Crippen molar-refractivity contribution in [1.82, 2.24) is 19.4 Å². The molecule has 0 amide bonds. The van der Waals surface area contributed by atoms with Crippen LogP contribution in [0.4, 0.5) is 0 Å². The van der Waals surface area contributed by atoms with Gasteiger partial charge in [-0.1, -0.05) is 115 Å². The molecule has 46 heavy (non-hydrogen) atoms. The number of benzene rings is 6. The fourth-order valence-corrected chi connectivity index (χ4v) is 7.13. The van der Waals surface area contributed by atoms with Crippen LogP contribution in [-0.2, 0) is 0 Å². The van der Waals surface area contributed by atoms with Gasteiger partial charge in [0.2, 0.25) is 0 Å². The van der Waals surface area contributed by atoms with Gasteiger partial charge in [0.15, 0.2) is 11.2 Å². The number of imidazole rings is 1. The van der Waals surface area contributed by atoms with Gasteiger partial charge in [-0.2, -0.15) is 4.98 Å². The Hall–Kier alpha value is -6.33. The topological polar surface area (TPSA) is 56.2 Å². The Morgan fingerprint density at radius 1 is 0.500 bits per heavy atom. The molecule has 0 bridgehead atoms. The predicted octanol–water partition coefficient (Wildman–Crippen LogP) is 10.5. The molecular weight excluding hydrogens is 564 g/mol. The van der Waals surface area contributed by atoms with Crippen LogP contribution in [-0.4, -0.2) is 19.4 Å². The summed E-state index contributed by atoms with van der Waals surface area (Å²) in [5, 5.41) is 6.87. The zero-order valence-electron chi connectivity index (χ0n) is 24.6. The minimum atomic E-state index is 0.534. The summed E-state index contributed by atoms with van der Waals surface area (Å²) in [5.74, 6) is 0.534. The Bertz CT molecular complexity index is 2740. The van der Waals surface area contributed by atoms with E-state index in [0.717, 1.165) is 55.4 Å². The molecule has 0 saturated carbocycles. The number of hydrogen-bond donors (Lipinski definition) is 0. The lowest BCUT2D eigenvalue weighted by Gasteiger charge is -2.17. The summed E-state index contributed by atoms with van der Waals surface area (Å²) in [5.41, 5.74) is 9.89. The Morgan fingerprint density at radius 2 is 1.11 bits per heavy atom. The number of nitrogens with zero attached hydrogens (tertiary/aromatic N) is 4. The summed E-state index contributed by atoms with van der Waals surface area (Å²) in [6, 6.07) is 46.6. The first-order valence-corrected chi connectivity index (χ1v) is 15.4. The van der Waals surface area contributed by atoms with E-state index in [1.807, 2.05) is 24.5 Å². The SMILES string of the molecule is c1ccc(-c2nc3c(nc4oc5ccc(-c6c7ccccc7c(-c7cccnc7)c7ccccc67)cc5n43)c3ccccc23)cc1. The van der Waals surface area contributed by atoms with E-state index in [4.69, 9.17) is 14.4 Å². The summed E-state index contributed by atoms with van der Waals surface area (Å²) < 4.78 is 8.45. The zero-order chi connectivity index (χ0) is 30.2. The second-order valence-corrected chi connectivity index (χ2v) is 11.6. The smallest absolute Gasteiger partial charge is 0.309 e. The highest BCUT2D eigenvalue weighted by Gasteiger charge is 2.21. The predicted molar refractivity (Wildman–Crippen MR) is 187 cm³/mol.